The molecule has 1 aliphatic carbocycles. The summed E-state index contributed by atoms with van der Waals surface area (Å²) in [4.78, 5) is 0. The molecule has 3 aromatic carbocycles. The molecule has 0 saturated heterocycles. The van der Waals surface area contributed by atoms with Gasteiger partial charge in [0.05, 0.1) is 21.3 Å². The molecule has 2 N–H and O–H groups in total. The topological polar surface area (TPSA) is 62.9 Å². The Morgan fingerprint density at radius 2 is 1.57 bits per heavy atom. The highest BCUT2D eigenvalue weighted by Crippen LogP contribution is 2.46. The molecule has 37 heavy (non-hydrogen) atoms. The van der Waals surface area contributed by atoms with E-state index in [0.29, 0.717) is 23.9 Å². The van der Waals surface area contributed by atoms with Gasteiger partial charge in [-0.25, -0.2) is 0 Å². The Bertz CT molecular complexity index is 1140. The first-order chi connectivity index (χ1) is 18.0. The zero-order chi connectivity index (χ0) is 26.8. The number of benzene rings is 3. The Morgan fingerprint density at radius 3 is 2.19 bits per heavy atom. The summed E-state index contributed by atoms with van der Waals surface area (Å²) in [6.45, 7) is 7.60. The minimum Gasteiger partial charge on any atom is -0.493 e. The molecule has 0 saturated carbocycles. The van der Waals surface area contributed by atoms with Crippen LogP contribution in [0.2, 0.25) is 0 Å². The average Bonchev–Trinajstić information content (AvgIpc) is 2.92. The number of rotatable bonds is 9. The quantitative estimate of drug-likeness (QED) is 0.335. The predicted molar refractivity (Wildman–Crippen MR) is 152 cm³/mol. The highest BCUT2D eigenvalue weighted by Gasteiger charge is 2.20. The second kappa shape index (κ2) is 13.9. The van der Waals surface area contributed by atoms with E-state index in [1.54, 1.807) is 21.3 Å². The molecule has 1 atom stereocenters. The van der Waals surface area contributed by atoms with E-state index in [9.17, 15) is 0 Å². The lowest BCUT2D eigenvalue weighted by Crippen LogP contribution is -2.17. The SMILES string of the molecule is CCC.COc1cc(C)c(-c2ccc(COc3ccc4c(c3)CCC(CCN)C4)cc2)c(OC)c1OC. The lowest BCUT2D eigenvalue weighted by Gasteiger charge is -2.24. The van der Waals surface area contributed by atoms with Crippen LogP contribution in [0, 0.1) is 12.8 Å². The van der Waals surface area contributed by atoms with E-state index in [1.165, 1.54) is 24.0 Å². The van der Waals surface area contributed by atoms with Crippen LogP contribution in [0.5, 0.6) is 23.0 Å². The number of hydrogen-bond donors (Lipinski definition) is 1. The van der Waals surface area contributed by atoms with E-state index in [4.69, 9.17) is 24.7 Å². The Hall–Kier alpha value is -3.18. The fourth-order valence-electron chi connectivity index (χ4n) is 4.95. The molecule has 0 heterocycles. The molecule has 1 aliphatic rings. The minimum atomic E-state index is 0.525. The van der Waals surface area contributed by atoms with Gasteiger partial charge in [0.15, 0.2) is 11.5 Å². The standard InChI is InChI=1S/C29H35NO4.C3H8/c1-19-15-26(31-2)28(32-3)29(33-4)27(19)22-8-6-21(7-9-22)18-34-25-12-11-23-16-20(13-14-30)5-10-24(23)17-25;1-3-2/h6-9,11-12,15,17,20H,5,10,13-14,16,18,30H2,1-4H3;3H2,1-2H3. The third-order valence-electron chi connectivity index (χ3n) is 6.76. The molecule has 0 radical (unpaired) electrons. The first-order valence-corrected chi connectivity index (χ1v) is 13.3. The summed E-state index contributed by atoms with van der Waals surface area (Å²) in [5.74, 6) is 3.57. The van der Waals surface area contributed by atoms with Crippen molar-refractivity contribution < 1.29 is 18.9 Å². The van der Waals surface area contributed by atoms with Crippen molar-refractivity contribution in [2.24, 2.45) is 11.7 Å². The molecular formula is C32H43NO4. The third kappa shape index (κ3) is 6.98. The maximum absolute atomic E-state index is 6.13. The van der Waals surface area contributed by atoms with Gasteiger partial charge in [-0.3, -0.25) is 0 Å². The Balaban J connectivity index is 0.00000121. The van der Waals surface area contributed by atoms with Crippen molar-refractivity contribution >= 4 is 0 Å². The summed E-state index contributed by atoms with van der Waals surface area (Å²) in [5.41, 5.74) is 12.8. The van der Waals surface area contributed by atoms with Gasteiger partial charge < -0.3 is 24.7 Å². The Labute approximate surface area is 222 Å². The van der Waals surface area contributed by atoms with Crippen molar-refractivity contribution in [3.05, 3.63) is 70.8 Å². The van der Waals surface area contributed by atoms with Gasteiger partial charge in [-0.1, -0.05) is 50.6 Å². The van der Waals surface area contributed by atoms with Crippen LogP contribution in [0.3, 0.4) is 0 Å². The summed E-state index contributed by atoms with van der Waals surface area (Å²) in [6, 6.07) is 16.9. The van der Waals surface area contributed by atoms with Crippen LogP contribution in [0.15, 0.2) is 48.5 Å². The molecule has 5 nitrogen and oxygen atoms in total. The number of hydrogen-bond acceptors (Lipinski definition) is 5. The second-order valence-corrected chi connectivity index (χ2v) is 9.65. The maximum Gasteiger partial charge on any atom is 0.203 e. The van der Waals surface area contributed by atoms with Crippen molar-refractivity contribution in [2.75, 3.05) is 27.9 Å². The maximum atomic E-state index is 6.13. The first kappa shape index (κ1) is 28.4. The van der Waals surface area contributed by atoms with Crippen molar-refractivity contribution in [3.63, 3.8) is 0 Å². The fraction of sp³-hybridized carbons (Fsp3) is 0.438. The normalized spacial score (nSPS) is 14.2. The summed E-state index contributed by atoms with van der Waals surface area (Å²) in [5, 5.41) is 0. The second-order valence-electron chi connectivity index (χ2n) is 9.65. The number of aryl methyl sites for hydroxylation is 2. The monoisotopic (exact) mass is 505 g/mol. The highest BCUT2D eigenvalue weighted by molar-refractivity contribution is 5.79. The van der Waals surface area contributed by atoms with Gasteiger partial charge in [0.25, 0.3) is 0 Å². The molecule has 1 unspecified atom stereocenters. The van der Waals surface area contributed by atoms with Crippen molar-refractivity contribution in [2.45, 2.75) is 59.5 Å². The van der Waals surface area contributed by atoms with Crippen LogP contribution in [0.4, 0.5) is 0 Å². The molecule has 0 bridgehead atoms. The van der Waals surface area contributed by atoms with E-state index >= 15 is 0 Å². The molecular weight excluding hydrogens is 462 g/mol. The molecule has 4 rings (SSSR count). The van der Waals surface area contributed by atoms with Crippen LogP contribution in [0.25, 0.3) is 11.1 Å². The summed E-state index contributed by atoms with van der Waals surface area (Å²) in [7, 11) is 4.91. The lowest BCUT2D eigenvalue weighted by atomic mass is 9.82. The van der Waals surface area contributed by atoms with Crippen LogP contribution >= 0.6 is 0 Å². The third-order valence-corrected chi connectivity index (χ3v) is 6.76. The van der Waals surface area contributed by atoms with Gasteiger partial charge in [-0.15, -0.1) is 0 Å². The van der Waals surface area contributed by atoms with Crippen LogP contribution in [-0.4, -0.2) is 27.9 Å². The first-order valence-electron chi connectivity index (χ1n) is 13.3. The zero-order valence-electron chi connectivity index (χ0n) is 23.4. The molecule has 3 aromatic rings. The molecule has 0 aliphatic heterocycles. The van der Waals surface area contributed by atoms with Gasteiger partial charge in [0, 0.05) is 5.56 Å². The lowest BCUT2D eigenvalue weighted by molar-refractivity contribution is 0.305. The minimum absolute atomic E-state index is 0.525. The number of fused-ring (bicyclic) bond motifs is 1. The largest absolute Gasteiger partial charge is 0.493 e. The molecule has 0 amide bonds. The zero-order valence-corrected chi connectivity index (χ0v) is 23.4. The molecule has 0 aromatic heterocycles. The predicted octanol–water partition coefficient (Wildman–Crippen LogP) is 7.14. The van der Waals surface area contributed by atoms with Crippen LogP contribution in [0.1, 0.15) is 55.4 Å². The van der Waals surface area contributed by atoms with Gasteiger partial charge in [0.1, 0.15) is 12.4 Å². The summed E-state index contributed by atoms with van der Waals surface area (Å²) < 4.78 is 22.9. The van der Waals surface area contributed by atoms with E-state index in [-0.39, 0.29) is 0 Å². The summed E-state index contributed by atoms with van der Waals surface area (Å²) in [6.07, 6.45) is 5.82. The van der Waals surface area contributed by atoms with Crippen molar-refractivity contribution in [1.82, 2.24) is 0 Å². The smallest absolute Gasteiger partial charge is 0.203 e. The van der Waals surface area contributed by atoms with E-state index in [2.05, 4.69) is 56.3 Å². The number of nitrogens with two attached hydrogens (primary N) is 1. The van der Waals surface area contributed by atoms with Gasteiger partial charge >= 0.3 is 0 Å². The van der Waals surface area contributed by atoms with Gasteiger partial charge in [-0.2, -0.15) is 0 Å². The van der Waals surface area contributed by atoms with Crippen LogP contribution in [-0.2, 0) is 19.4 Å². The van der Waals surface area contributed by atoms with E-state index in [1.807, 2.05) is 13.0 Å². The Kier molecular flexibility index (Phi) is 10.7. The van der Waals surface area contributed by atoms with Gasteiger partial charge in [0.2, 0.25) is 5.75 Å². The Morgan fingerprint density at radius 1 is 0.865 bits per heavy atom. The molecule has 0 spiro atoms. The summed E-state index contributed by atoms with van der Waals surface area (Å²) >= 11 is 0. The highest BCUT2D eigenvalue weighted by atomic mass is 16.5. The molecule has 200 valence electrons. The van der Waals surface area contributed by atoms with Gasteiger partial charge in [-0.05, 0) is 91.1 Å². The van der Waals surface area contributed by atoms with E-state index < -0.39 is 0 Å². The molecule has 5 heteroatoms. The van der Waals surface area contributed by atoms with E-state index in [0.717, 1.165) is 59.7 Å². The fourth-order valence-corrected chi connectivity index (χ4v) is 4.95. The number of ether oxygens (including phenoxy) is 4. The van der Waals surface area contributed by atoms with Crippen LogP contribution < -0.4 is 24.7 Å². The van der Waals surface area contributed by atoms with Crippen molar-refractivity contribution in [1.29, 1.82) is 0 Å². The van der Waals surface area contributed by atoms with Crippen molar-refractivity contribution in [3.8, 4) is 34.1 Å². The molecule has 0 fully saturated rings. The average molecular weight is 506 g/mol. The number of methoxy groups -OCH3 is 3.